The number of anilines is 2. The lowest BCUT2D eigenvalue weighted by Gasteiger charge is -2.20. The number of ether oxygens (including phenoxy) is 1. The van der Waals surface area contributed by atoms with Gasteiger partial charge in [0, 0.05) is 25.4 Å². The van der Waals surface area contributed by atoms with E-state index in [9.17, 15) is 0 Å². The third-order valence-corrected chi connectivity index (χ3v) is 2.99. The molecule has 0 amide bonds. The summed E-state index contributed by atoms with van der Waals surface area (Å²) in [6, 6.07) is 7.96. The third kappa shape index (κ3) is 3.16. The fourth-order valence-corrected chi connectivity index (χ4v) is 2.01. The van der Waals surface area contributed by atoms with Crippen LogP contribution in [0.5, 0.6) is 5.75 Å². The van der Waals surface area contributed by atoms with E-state index in [1.54, 1.807) is 13.3 Å². The maximum atomic E-state index is 5.35. The number of rotatable bonds is 5. The first-order valence-corrected chi connectivity index (χ1v) is 6.28. The molecule has 0 unspecified atom stereocenters. The van der Waals surface area contributed by atoms with Gasteiger partial charge in [-0.15, -0.1) is 0 Å². The van der Waals surface area contributed by atoms with Crippen molar-refractivity contribution in [2.75, 3.05) is 24.5 Å². The van der Waals surface area contributed by atoms with Crippen LogP contribution in [-0.2, 0) is 6.54 Å². The molecule has 6 heteroatoms. The molecule has 106 valence electrons. The molecule has 1 aromatic carbocycles. The standard InChI is InChI=1S/C14H19N5O/c1-10-8-16-14(18-15)17-13(10)19(2)9-11-5-4-6-12(7-11)20-3/h4-8H,9,15H2,1-3H3,(H,16,17,18). The molecular formula is C14H19N5O. The first-order valence-electron chi connectivity index (χ1n) is 6.28. The second-order valence-electron chi connectivity index (χ2n) is 4.55. The summed E-state index contributed by atoms with van der Waals surface area (Å²) in [5.41, 5.74) is 4.60. The van der Waals surface area contributed by atoms with Gasteiger partial charge in [0.15, 0.2) is 0 Å². The summed E-state index contributed by atoms with van der Waals surface area (Å²) in [6.45, 7) is 2.69. The van der Waals surface area contributed by atoms with Crippen molar-refractivity contribution >= 4 is 11.8 Å². The number of hydrogen-bond acceptors (Lipinski definition) is 6. The number of hydrogen-bond donors (Lipinski definition) is 2. The minimum absolute atomic E-state index is 0.406. The van der Waals surface area contributed by atoms with Gasteiger partial charge in [-0.1, -0.05) is 12.1 Å². The number of aryl methyl sites for hydroxylation is 1. The Labute approximate surface area is 118 Å². The number of nitrogen functional groups attached to an aromatic ring is 1. The number of nitrogens with two attached hydrogens (primary N) is 1. The first-order chi connectivity index (χ1) is 9.63. The average Bonchev–Trinajstić information content (AvgIpc) is 2.47. The molecule has 1 heterocycles. The lowest BCUT2D eigenvalue weighted by molar-refractivity contribution is 0.414. The van der Waals surface area contributed by atoms with Gasteiger partial charge in [-0.25, -0.2) is 10.8 Å². The van der Waals surface area contributed by atoms with E-state index in [-0.39, 0.29) is 0 Å². The molecule has 0 spiro atoms. The molecule has 0 saturated heterocycles. The maximum absolute atomic E-state index is 5.35. The third-order valence-electron chi connectivity index (χ3n) is 2.99. The molecule has 6 nitrogen and oxygen atoms in total. The molecule has 2 rings (SSSR count). The van der Waals surface area contributed by atoms with Crippen molar-refractivity contribution in [2.45, 2.75) is 13.5 Å². The molecule has 0 bridgehead atoms. The van der Waals surface area contributed by atoms with E-state index in [1.165, 1.54) is 0 Å². The maximum Gasteiger partial charge on any atom is 0.239 e. The summed E-state index contributed by atoms with van der Waals surface area (Å²) in [7, 11) is 3.64. The van der Waals surface area contributed by atoms with Gasteiger partial charge in [0.25, 0.3) is 0 Å². The molecule has 2 aromatic rings. The van der Waals surface area contributed by atoms with Crippen LogP contribution in [0.15, 0.2) is 30.5 Å². The van der Waals surface area contributed by atoms with E-state index in [0.717, 1.165) is 29.2 Å². The summed E-state index contributed by atoms with van der Waals surface area (Å²) in [6.07, 6.45) is 1.75. The van der Waals surface area contributed by atoms with Crippen molar-refractivity contribution in [3.63, 3.8) is 0 Å². The summed E-state index contributed by atoms with van der Waals surface area (Å²) >= 11 is 0. The molecule has 20 heavy (non-hydrogen) atoms. The average molecular weight is 273 g/mol. The molecule has 0 radical (unpaired) electrons. The van der Waals surface area contributed by atoms with Crippen molar-refractivity contribution in [3.05, 3.63) is 41.6 Å². The van der Waals surface area contributed by atoms with Crippen LogP contribution in [0.25, 0.3) is 0 Å². The van der Waals surface area contributed by atoms with Gasteiger partial charge >= 0.3 is 0 Å². The van der Waals surface area contributed by atoms with E-state index in [0.29, 0.717) is 5.95 Å². The Kier molecular flexibility index (Phi) is 4.37. The fourth-order valence-electron chi connectivity index (χ4n) is 2.01. The van der Waals surface area contributed by atoms with E-state index < -0.39 is 0 Å². The number of benzene rings is 1. The number of nitrogens with zero attached hydrogens (tertiary/aromatic N) is 3. The molecule has 0 aliphatic rings. The first kappa shape index (κ1) is 14.1. The molecular weight excluding hydrogens is 254 g/mol. The minimum atomic E-state index is 0.406. The molecule has 3 N–H and O–H groups in total. The lowest BCUT2D eigenvalue weighted by Crippen LogP contribution is -2.20. The summed E-state index contributed by atoms with van der Waals surface area (Å²) in [4.78, 5) is 10.5. The van der Waals surface area contributed by atoms with Gasteiger partial charge in [-0.05, 0) is 24.6 Å². The van der Waals surface area contributed by atoms with Crippen LogP contribution in [0.4, 0.5) is 11.8 Å². The summed E-state index contributed by atoms with van der Waals surface area (Å²) in [5.74, 6) is 7.45. The van der Waals surface area contributed by atoms with Gasteiger partial charge < -0.3 is 9.64 Å². The summed E-state index contributed by atoms with van der Waals surface area (Å²) < 4.78 is 5.23. The van der Waals surface area contributed by atoms with E-state index in [4.69, 9.17) is 10.6 Å². The Morgan fingerprint density at radius 2 is 2.20 bits per heavy atom. The second kappa shape index (κ2) is 6.21. The van der Waals surface area contributed by atoms with Crippen molar-refractivity contribution in [3.8, 4) is 5.75 Å². The molecule has 0 aliphatic heterocycles. The Morgan fingerprint density at radius 1 is 1.40 bits per heavy atom. The molecule has 0 fully saturated rings. The SMILES string of the molecule is COc1cccc(CN(C)c2nc(NN)ncc2C)c1. The molecule has 0 atom stereocenters. The topological polar surface area (TPSA) is 76.3 Å². The van der Waals surface area contributed by atoms with E-state index in [1.807, 2.05) is 37.1 Å². The van der Waals surface area contributed by atoms with Crippen LogP contribution in [0.1, 0.15) is 11.1 Å². The monoisotopic (exact) mass is 273 g/mol. The highest BCUT2D eigenvalue weighted by Gasteiger charge is 2.09. The van der Waals surface area contributed by atoms with Crippen molar-refractivity contribution in [1.29, 1.82) is 0 Å². The predicted molar refractivity (Wildman–Crippen MR) is 79.7 cm³/mol. The van der Waals surface area contributed by atoms with Gasteiger partial charge in [0.05, 0.1) is 7.11 Å². The van der Waals surface area contributed by atoms with Crippen LogP contribution in [-0.4, -0.2) is 24.1 Å². The van der Waals surface area contributed by atoms with Gasteiger partial charge in [0.1, 0.15) is 11.6 Å². The van der Waals surface area contributed by atoms with E-state index >= 15 is 0 Å². The number of aromatic nitrogens is 2. The van der Waals surface area contributed by atoms with Crippen LogP contribution in [0.3, 0.4) is 0 Å². The minimum Gasteiger partial charge on any atom is -0.497 e. The largest absolute Gasteiger partial charge is 0.497 e. The van der Waals surface area contributed by atoms with Crippen molar-refractivity contribution in [1.82, 2.24) is 9.97 Å². The normalized spacial score (nSPS) is 10.2. The highest BCUT2D eigenvalue weighted by atomic mass is 16.5. The number of hydrazine groups is 1. The van der Waals surface area contributed by atoms with Crippen molar-refractivity contribution < 1.29 is 4.74 Å². The quantitative estimate of drug-likeness (QED) is 0.638. The van der Waals surface area contributed by atoms with Crippen LogP contribution < -0.4 is 20.9 Å². The Morgan fingerprint density at radius 3 is 2.90 bits per heavy atom. The van der Waals surface area contributed by atoms with Crippen LogP contribution in [0.2, 0.25) is 0 Å². The van der Waals surface area contributed by atoms with Gasteiger partial charge in [-0.2, -0.15) is 4.98 Å². The van der Waals surface area contributed by atoms with Gasteiger partial charge in [-0.3, -0.25) is 5.43 Å². The number of nitrogens with one attached hydrogen (secondary N) is 1. The Hall–Kier alpha value is -2.34. The van der Waals surface area contributed by atoms with E-state index in [2.05, 4.69) is 21.5 Å². The molecule has 0 aliphatic carbocycles. The Bertz CT molecular complexity index is 588. The summed E-state index contributed by atoms with van der Waals surface area (Å²) in [5, 5.41) is 0. The second-order valence-corrected chi connectivity index (χ2v) is 4.55. The smallest absolute Gasteiger partial charge is 0.239 e. The zero-order valence-electron chi connectivity index (χ0n) is 11.9. The molecule has 0 saturated carbocycles. The number of methoxy groups -OCH3 is 1. The highest BCUT2D eigenvalue weighted by Crippen LogP contribution is 2.20. The van der Waals surface area contributed by atoms with Crippen molar-refractivity contribution in [2.24, 2.45) is 5.84 Å². The zero-order valence-corrected chi connectivity index (χ0v) is 11.9. The lowest BCUT2D eigenvalue weighted by atomic mass is 10.2. The highest BCUT2D eigenvalue weighted by molar-refractivity contribution is 5.48. The zero-order chi connectivity index (χ0) is 14.5. The van der Waals surface area contributed by atoms with Crippen LogP contribution >= 0.6 is 0 Å². The fraction of sp³-hybridized carbons (Fsp3) is 0.286. The Balaban J connectivity index is 2.20. The molecule has 1 aromatic heterocycles. The van der Waals surface area contributed by atoms with Crippen LogP contribution in [0, 0.1) is 6.92 Å². The van der Waals surface area contributed by atoms with Gasteiger partial charge in [0.2, 0.25) is 5.95 Å². The predicted octanol–water partition coefficient (Wildman–Crippen LogP) is 1.72.